The SMILES string of the molecule is O=CCCc1cccc([N+](=O)[O-])c1Br. The van der Waals surface area contributed by atoms with E-state index < -0.39 is 4.92 Å². The first-order chi connectivity index (χ1) is 6.66. The summed E-state index contributed by atoms with van der Waals surface area (Å²) in [6.45, 7) is 0. The molecule has 1 aromatic carbocycles. The molecule has 0 fully saturated rings. The molecule has 0 saturated carbocycles. The molecule has 0 unspecified atom stereocenters. The Labute approximate surface area is 89.2 Å². The van der Waals surface area contributed by atoms with Gasteiger partial charge in [0.2, 0.25) is 0 Å². The van der Waals surface area contributed by atoms with Crippen LogP contribution in [0, 0.1) is 10.1 Å². The summed E-state index contributed by atoms with van der Waals surface area (Å²) in [6.07, 6.45) is 1.69. The fourth-order valence-corrected chi connectivity index (χ4v) is 1.72. The zero-order valence-electron chi connectivity index (χ0n) is 7.27. The number of carbonyl (C=O) groups excluding carboxylic acids is 1. The molecule has 4 nitrogen and oxygen atoms in total. The molecule has 14 heavy (non-hydrogen) atoms. The maximum absolute atomic E-state index is 10.6. The first-order valence-corrected chi connectivity index (χ1v) is 4.81. The van der Waals surface area contributed by atoms with Crippen molar-refractivity contribution in [3.63, 3.8) is 0 Å². The van der Waals surface area contributed by atoms with E-state index in [1.54, 1.807) is 12.1 Å². The van der Waals surface area contributed by atoms with Crippen LogP contribution in [0.5, 0.6) is 0 Å². The number of rotatable bonds is 4. The minimum Gasteiger partial charge on any atom is -0.303 e. The number of nitrogens with zero attached hydrogens (tertiary/aromatic N) is 1. The molecule has 0 saturated heterocycles. The van der Waals surface area contributed by atoms with Gasteiger partial charge in [-0.05, 0) is 27.9 Å². The molecule has 5 heteroatoms. The van der Waals surface area contributed by atoms with Crippen LogP contribution < -0.4 is 0 Å². The van der Waals surface area contributed by atoms with Crippen molar-refractivity contribution in [2.24, 2.45) is 0 Å². The predicted octanol–water partition coefficient (Wildman–Crippen LogP) is 2.49. The molecule has 0 heterocycles. The minimum atomic E-state index is -0.450. The van der Waals surface area contributed by atoms with Crippen molar-refractivity contribution in [3.05, 3.63) is 38.3 Å². The van der Waals surface area contributed by atoms with Crippen molar-refractivity contribution < 1.29 is 9.72 Å². The molecule has 0 amide bonds. The Morgan fingerprint density at radius 3 is 2.79 bits per heavy atom. The van der Waals surface area contributed by atoms with E-state index in [2.05, 4.69) is 15.9 Å². The molecular formula is C9H8BrNO3. The predicted molar refractivity (Wildman–Crippen MR) is 55.2 cm³/mol. The largest absolute Gasteiger partial charge is 0.303 e. The van der Waals surface area contributed by atoms with Crippen LogP contribution in [0.1, 0.15) is 12.0 Å². The highest BCUT2D eigenvalue weighted by Crippen LogP contribution is 2.28. The number of nitro groups is 1. The normalized spacial score (nSPS) is 9.79. The van der Waals surface area contributed by atoms with E-state index in [0.29, 0.717) is 17.3 Å². The summed E-state index contributed by atoms with van der Waals surface area (Å²) < 4.78 is 0.465. The van der Waals surface area contributed by atoms with Gasteiger partial charge in [0.05, 0.1) is 9.40 Å². The Balaban J connectivity index is 3.01. The Morgan fingerprint density at radius 1 is 1.50 bits per heavy atom. The summed E-state index contributed by atoms with van der Waals surface area (Å²) in [5.74, 6) is 0. The molecule has 1 rings (SSSR count). The lowest BCUT2D eigenvalue weighted by molar-refractivity contribution is -0.385. The van der Waals surface area contributed by atoms with Crippen molar-refractivity contribution >= 4 is 27.9 Å². The Bertz CT molecular complexity index is 365. The van der Waals surface area contributed by atoms with Gasteiger partial charge in [0.25, 0.3) is 5.69 Å². The minimum absolute atomic E-state index is 0.0356. The molecule has 1 aromatic rings. The maximum Gasteiger partial charge on any atom is 0.283 e. The van der Waals surface area contributed by atoms with E-state index in [-0.39, 0.29) is 5.69 Å². The number of hydrogen-bond acceptors (Lipinski definition) is 3. The van der Waals surface area contributed by atoms with E-state index >= 15 is 0 Å². The van der Waals surface area contributed by atoms with Crippen LogP contribution in [0.3, 0.4) is 0 Å². The van der Waals surface area contributed by atoms with Gasteiger partial charge in [0.1, 0.15) is 6.29 Å². The summed E-state index contributed by atoms with van der Waals surface area (Å²) in [5.41, 5.74) is 0.819. The Morgan fingerprint density at radius 2 is 2.21 bits per heavy atom. The molecule has 0 spiro atoms. The second kappa shape index (κ2) is 4.85. The van der Waals surface area contributed by atoms with Gasteiger partial charge in [0.15, 0.2) is 0 Å². The topological polar surface area (TPSA) is 60.2 Å². The highest BCUT2D eigenvalue weighted by atomic mass is 79.9. The standard InChI is InChI=1S/C9H8BrNO3/c10-9-7(4-2-6-12)3-1-5-8(9)11(13)14/h1,3,5-6H,2,4H2. The van der Waals surface area contributed by atoms with Crippen molar-refractivity contribution in [3.8, 4) is 0 Å². The third-order valence-electron chi connectivity index (χ3n) is 1.79. The third kappa shape index (κ3) is 2.38. The first-order valence-electron chi connectivity index (χ1n) is 4.02. The second-order valence-electron chi connectivity index (χ2n) is 2.71. The van der Waals surface area contributed by atoms with Gasteiger partial charge in [0, 0.05) is 12.5 Å². The van der Waals surface area contributed by atoms with Gasteiger partial charge in [-0.25, -0.2) is 0 Å². The number of aryl methyl sites for hydroxylation is 1. The van der Waals surface area contributed by atoms with Crippen molar-refractivity contribution in [1.82, 2.24) is 0 Å². The van der Waals surface area contributed by atoms with Gasteiger partial charge < -0.3 is 4.79 Å². The van der Waals surface area contributed by atoms with E-state index in [4.69, 9.17) is 0 Å². The molecule has 0 bridgehead atoms. The molecule has 0 aliphatic rings. The molecule has 0 aromatic heterocycles. The smallest absolute Gasteiger partial charge is 0.283 e. The number of benzene rings is 1. The fraction of sp³-hybridized carbons (Fsp3) is 0.222. The molecule has 0 radical (unpaired) electrons. The quantitative estimate of drug-likeness (QED) is 0.473. The van der Waals surface area contributed by atoms with E-state index in [1.807, 2.05) is 0 Å². The Hall–Kier alpha value is -1.23. The lowest BCUT2D eigenvalue weighted by Gasteiger charge is -2.01. The molecule has 74 valence electrons. The average Bonchev–Trinajstić information content (AvgIpc) is 2.16. The van der Waals surface area contributed by atoms with Gasteiger partial charge in [-0.3, -0.25) is 10.1 Å². The van der Waals surface area contributed by atoms with Crippen molar-refractivity contribution in [2.45, 2.75) is 12.8 Å². The maximum atomic E-state index is 10.6. The van der Waals surface area contributed by atoms with Gasteiger partial charge >= 0.3 is 0 Å². The average molecular weight is 258 g/mol. The van der Waals surface area contributed by atoms with E-state index in [0.717, 1.165) is 11.8 Å². The summed E-state index contributed by atoms with van der Waals surface area (Å²) in [4.78, 5) is 20.3. The van der Waals surface area contributed by atoms with Crippen LogP contribution in [0.2, 0.25) is 0 Å². The third-order valence-corrected chi connectivity index (χ3v) is 2.70. The lowest BCUT2D eigenvalue weighted by Crippen LogP contribution is -1.94. The van der Waals surface area contributed by atoms with Crippen molar-refractivity contribution in [2.75, 3.05) is 0 Å². The highest BCUT2D eigenvalue weighted by Gasteiger charge is 2.13. The van der Waals surface area contributed by atoms with Crippen LogP contribution in [0.4, 0.5) is 5.69 Å². The van der Waals surface area contributed by atoms with Crippen LogP contribution in [0.15, 0.2) is 22.7 Å². The number of carbonyl (C=O) groups is 1. The van der Waals surface area contributed by atoms with Crippen molar-refractivity contribution in [1.29, 1.82) is 0 Å². The second-order valence-corrected chi connectivity index (χ2v) is 3.51. The number of halogens is 1. The van der Waals surface area contributed by atoms with Crippen LogP contribution in [-0.2, 0) is 11.2 Å². The molecule has 0 aliphatic carbocycles. The monoisotopic (exact) mass is 257 g/mol. The molecule has 0 atom stereocenters. The fourth-order valence-electron chi connectivity index (χ4n) is 1.11. The van der Waals surface area contributed by atoms with Gasteiger partial charge in [-0.1, -0.05) is 12.1 Å². The molecule has 0 aliphatic heterocycles. The lowest BCUT2D eigenvalue weighted by atomic mass is 10.1. The highest BCUT2D eigenvalue weighted by molar-refractivity contribution is 9.10. The van der Waals surface area contributed by atoms with Crippen LogP contribution in [0.25, 0.3) is 0 Å². The van der Waals surface area contributed by atoms with Gasteiger partial charge in [-0.15, -0.1) is 0 Å². The van der Waals surface area contributed by atoms with E-state index in [9.17, 15) is 14.9 Å². The van der Waals surface area contributed by atoms with Crippen LogP contribution in [-0.4, -0.2) is 11.2 Å². The summed E-state index contributed by atoms with van der Waals surface area (Å²) in [6, 6.07) is 4.80. The van der Waals surface area contributed by atoms with Gasteiger partial charge in [-0.2, -0.15) is 0 Å². The molecular weight excluding hydrogens is 250 g/mol. The first kappa shape index (κ1) is 10.8. The summed E-state index contributed by atoms with van der Waals surface area (Å²) in [5, 5.41) is 10.6. The molecule has 0 N–H and O–H groups in total. The summed E-state index contributed by atoms with van der Waals surface area (Å²) >= 11 is 3.15. The number of aldehydes is 1. The summed E-state index contributed by atoms with van der Waals surface area (Å²) in [7, 11) is 0. The zero-order valence-corrected chi connectivity index (χ0v) is 8.86. The number of nitro benzene ring substituents is 1. The van der Waals surface area contributed by atoms with Crippen LogP contribution >= 0.6 is 15.9 Å². The van der Waals surface area contributed by atoms with E-state index in [1.165, 1.54) is 6.07 Å². The Kier molecular flexibility index (Phi) is 3.76. The number of hydrogen-bond donors (Lipinski definition) is 0. The zero-order chi connectivity index (χ0) is 10.6.